The fourth-order valence-electron chi connectivity index (χ4n) is 2.53. The van der Waals surface area contributed by atoms with E-state index >= 15 is 0 Å². The van der Waals surface area contributed by atoms with Crippen LogP contribution in [-0.4, -0.2) is 33.1 Å². The zero-order valence-corrected chi connectivity index (χ0v) is 14.5. The summed E-state index contributed by atoms with van der Waals surface area (Å²) in [5.74, 6) is 2.87. The van der Waals surface area contributed by atoms with Crippen molar-refractivity contribution in [3.8, 4) is 22.9 Å². The Labute approximate surface area is 150 Å². The second-order valence-corrected chi connectivity index (χ2v) is 7.78. The van der Waals surface area contributed by atoms with Crippen LogP contribution in [0.1, 0.15) is 4.88 Å². The Balaban J connectivity index is 1.59. The van der Waals surface area contributed by atoms with E-state index in [1.54, 1.807) is 16.4 Å². The first kappa shape index (κ1) is 14.3. The summed E-state index contributed by atoms with van der Waals surface area (Å²) in [5.41, 5.74) is 1.85. The molecule has 0 unspecified atom stereocenters. The minimum absolute atomic E-state index is 0.244. The molecule has 6 nitrogen and oxygen atoms in total. The van der Waals surface area contributed by atoms with Crippen molar-refractivity contribution in [3.63, 3.8) is 0 Å². The van der Waals surface area contributed by atoms with Gasteiger partial charge >= 0.3 is 0 Å². The van der Waals surface area contributed by atoms with E-state index < -0.39 is 0 Å². The van der Waals surface area contributed by atoms with Gasteiger partial charge in [-0.15, -0.1) is 21.5 Å². The van der Waals surface area contributed by atoms with Crippen LogP contribution in [0.3, 0.4) is 0 Å². The van der Waals surface area contributed by atoms with Gasteiger partial charge in [0.05, 0.1) is 14.9 Å². The van der Waals surface area contributed by atoms with Crippen molar-refractivity contribution in [2.45, 2.75) is 5.16 Å². The molecule has 5 rings (SSSR count). The van der Waals surface area contributed by atoms with E-state index in [9.17, 15) is 0 Å². The number of aromatic nitrogens is 3. The summed E-state index contributed by atoms with van der Waals surface area (Å²) in [6, 6.07) is 9.58. The molecule has 0 spiro atoms. The van der Waals surface area contributed by atoms with Crippen LogP contribution in [0, 0.1) is 0 Å². The molecule has 120 valence electrons. The number of benzene rings is 1. The Morgan fingerprint density at radius 3 is 2.88 bits per heavy atom. The van der Waals surface area contributed by atoms with Crippen molar-refractivity contribution in [2.24, 2.45) is 5.10 Å². The highest BCUT2D eigenvalue weighted by molar-refractivity contribution is 7.99. The normalized spacial score (nSPS) is 15.3. The molecule has 0 atom stereocenters. The van der Waals surface area contributed by atoms with Crippen molar-refractivity contribution in [3.05, 3.63) is 39.5 Å². The lowest BCUT2D eigenvalue weighted by Crippen LogP contribution is -2.12. The van der Waals surface area contributed by atoms with Gasteiger partial charge in [-0.2, -0.15) is 9.78 Å². The van der Waals surface area contributed by atoms with E-state index in [2.05, 4.69) is 10.2 Å². The molecule has 0 N–H and O–H groups in total. The fraction of sp³-hybridized carbons (Fsp3) is 0.133. The Kier molecular flexibility index (Phi) is 3.29. The Bertz CT molecular complexity index is 982. The standard InChI is InChI=1S/C15H9ClN4O2S2/c16-13-4-3-12(24-13)9-6-23-15-18-17-14(20(15)19-9)8-1-2-10-11(5-8)22-7-21-10/h1-5H,6-7H2. The van der Waals surface area contributed by atoms with Crippen molar-refractivity contribution < 1.29 is 9.47 Å². The van der Waals surface area contributed by atoms with Gasteiger partial charge in [0.25, 0.3) is 0 Å². The fourth-order valence-corrected chi connectivity index (χ4v) is 4.48. The molecule has 0 bridgehead atoms. The van der Waals surface area contributed by atoms with Crippen LogP contribution in [0.5, 0.6) is 11.5 Å². The maximum absolute atomic E-state index is 6.04. The maximum atomic E-state index is 6.04. The molecular formula is C15H9ClN4O2S2. The summed E-state index contributed by atoms with van der Waals surface area (Å²) in [5, 5.41) is 14.0. The third-order valence-electron chi connectivity index (χ3n) is 3.66. The maximum Gasteiger partial charge on any atom is 0.231 e. The number of fused-ring (bicyclic) bond motifs is 2. The number of nitrogens with zero attached hydrogens (tertiary/aromatic N) is 4. The molecule has 2 aliphatic heterocycles. The summed E-state index contributed by atoms with van der Waals surface area (Å²) in [7, 11) is 0. The molecule has 0 saturated heterocycles. The van der Waals surface area contributed by atoms with Crippen LogP contribution in [0.25, 0.3) is 11.4 Å². The van der Waals surface area contributed by atoms with Crippen molar-refractivity contribution in [1.82, 2.24) is 14.9 Å². The lowest BCUT2D eigenvalue weighted by molar-refractivity contribution is 0.174. The molecule has 3 aromatic rings. The second-order valence-electron chi connectivity index (χ2n) is 5.13. The van der Waals surface area contributed by atoms with Gasteiger partial charge in [-0.1, -0.05) is 23.4 Å². The van der Waals surface area contributed by atoms with Gasteiger partial charge in [0.2, 0.25) is 11.9 Å². The molecule has 2 aliphatic rings. The Morgan fingerprint density at radius 1 is 1.08 bits per heavy atom. The number of ether oxygens (including phenoxy) is 2. The summed E-state index contributed by atoms with van der Waals surface area (Å²) in [6.07, 6.45) is 0. The molecule has 4 heterocycles. The predicted molar refractivity (Wildman–Crippen MR) is 93.6 cm³/mol. The Morgan fingerprint density at radius 2 is 2.00 bits per heavy atom. The highest BCUT2D eigenvalue weighted by atomic mass is 35.5. The van der Waals surface area contributed by atoms with Crippen molar-refractivity contribution in [1.29, 1.82) is 0 Å². The van der Waals surface area contributed by atoms with Gasteiger partial charge in [-0.05, 0) is 30.3 Å². The highest BCUT2D eigenvalue weighted by Gasteiger charge is 2.23. The first-order valence-corrected chi connectivity index (χ1v) is 9.28. The number of rotatable bonds is 2. The molecule has 0 aliphatic carbocycles. The second kappa shape index (κ2) is 5.51. The number of hydrogen-bond acceptors (Lipinski definition) is 7. The average Bonchev–Trinajstić information content (AvgIpc) is 3.32. The number of thioether (sulfide) groups is 1. The minimum Gasteiger partial charge on any atom is -0.454 e. The van der Waals surface area contributed by atoms with Gasteiger partial charge in [0.15, 0.2) is 17.3 Å². The molecular weight excluding hydrogens is 368 g/mol. The van der Waals surface area contributed by atoms with Crippen LogP contribution in [0.4, 0.5) is 0 Å². The molecule has 0 saturated carbocycles. The zero-order valence-electron chi connectivity index (χ0n) is 12.1. The van der Waals surface area contributed by atoms with Gasteiger partial charge in [0.1, 0.15) is 0 Å². The SMILES string of the molecule is Clc1ccc(C2=Nn3c(nnc3-c3ccc4c(c3)OCO4)SC2)s1. The van der Waals surface area contributed by atoms with Gasteiger partial charge < -0.3 is 9.47 Å². The predicted octanol–water partition coefficient (Wildman–Crippen LogP) is 3.75. The summed E-state index contributed by atoms with van der Waals surface area (Å²) < 4.78 is 13.3. The third kappa shape index (κ3) is 2.29. The zero-order chi connectivity index (χ0) is 16.1. The van der Waals surface area contributed by atoms with Gasteiger partial charge in [-0.3, -0.25) is 0 Å². The van der Waals surface area contributed by atoms with E-state index in [4.69, 9.17) is 26.2 Å². The van der Waals surface area contributed by atoms with Crippen LogP contribution < -0.4 is 9.47 Å². The van der Waals surface area contributed by atoms with Crippen molar-refractivity contribution >= 4 is 40.4 Å². The van der Waals surface area contributed by atoms with E-state index in [0.29, 0.717) is 11.6 Å². The monoisotopic (exact) mass is 376 g/mol. The third-order valence-corrected chi connectivity index (χ3v) is 5.87. The number of hydrogen-bond donors (Lipinski definition) is 0. The largest absolute Gasteiger partial charge is 0.454 e. The molecule has 1 aromatic carbocycles. The van der Waals surface area contributed by atoms with E-state index in [0.717, 1.165) is 37.1 Å². The highest BCUT2D eigenvalue weighted by Crippen LogP contribution is 2.37. The molecule has 0 fully saturated rings. The van der Waals surface area contributed by atoms with Gasteiger partial charge in [-0.25, -0.2) is 0 Å². The topological polar surface area (TPSA) is 61.5 Å². The van der Waals surface area contributed by atoms with Crippen LogP contribution in [0.2, 0.25) is 4.34 Å². The van der Waals surface area contributed by atoms with Crippen molar-refractivity contribution in [2.75, 3.05) is 12.5 Å². The van der Waals surface area contributed by atoms with Crippen LogP contribution in [0.15, 0.2) is 40.6 Å². The van der Waals surface area contributed by atoms with Crippen LogP contribution >= 0.6 is 34.7 Å². The lowest BCUT2D eigenvalue weighted by Gasteiger charge is -2.12. The number of thiophene rings is 1. The smallest absolute Gasteiger partial charge is 0.231 e. The molecule has 0 radical (unpaired) electrons. The van der Waals surface area contributed by atoms with Gasteiger partial charge in [0, 0.05) is 11.3 Å². The number of halogens is 1. The lowest BCUT2D eigenvalue weighted by atomic mass is 10.2. The minimum atomic E-state index is 0.244. The van der Waals surface area contributed by atoms with E-state index in [1.165, 1.54) is 11.3 Å². The Hall–Kier alpha value is -2.03. The first-order chi connectivity index (χ1) is 11.8. The van der Waals surface area contributed by atoms with E-state index in [1.807, 2.05) is 30.3 Å². The molecule has 0 amide bonds. The molecule has 2 aromatic heterocycles. The average molecular weight is 377 g/mol. The molecule has 9 heteroatoms. The first-order valence-electron chi connectivity index (χ1n) is 7.10. The molecule has 24 heavy (non-hydrogen) atoms. The summed E-state index contributed by atoms with van der Waals surface area (Å²) in [6.45, 7) is 0.244. The van der Waals surface area contributed by atoms with E-state index in [-0.39, 0.29) is 6.79 Å². The summed E-state index contributed by atoms with van der Waals surface area (Å²) in [4.78, 5) is 1.06. The summed E-state index contributed by atoms with van der Waals surface area (Å²) >= 11 is 9.17. The van der Waals surface area contributed by atoms with Crippen LogP contribution in [-0.2, 0) is 0 Å². The quantitative estimate of drug-likeness (QED) is 0.681.